The zero-order valence-electron chi connectivity index (χ0n) is 17.3. The van der Waals surface area contributed by atoms with E-state index >= 15 is 0 Å². The molecule has 0 bridgehead atoms. The molecule has 0 aliphatic rings. The second kappa shape index (κ2) is 8.31. The van der Waals surface area contributed by atoms with Crippen LogP contribution < -0.4 is 0 Å². The minimum absolute atomic E-state index is 0.377. The maximum Gasteiger partial charge on any atom is 0.0991 e. The summed E-state index contributed by atoms with van der Waals surface area (Å²) in [6.07, 6.45) is 5.92. The molecule has 0 fully saturated rings. The first kappa shape index (κ1) is 20.2. The molecule has 0 radical (unpaired) electrons. The van der Waals surface area contributed by atoms with Crippen LogP contribution in [-0.4, -0.2) is 34.6 Å². The lowest BCUT2D eigenvalue weighted by Gasteiger charge is -2.20. The van der Waals surface area contributed by atoms with Crippen LogP contribution in [0.2, 0.25) is 5.02 Å². The van der Waals surface area contributed by atoms with Gasteiger partial charge in [0.15, 0.2) is 0 Å². The molecule has 0 saturated heterocycles. The third-order valence-electron chi connectivity index (χ3n) is 5.58. The molecule has 0 spiro atoms. The fourth-order valence-electron chi connectivity index (χ4n) is 3.58. The van der Waals surface area contributed by atoms with E-state index in [1.807, 2.05) is 54.9 Å². The average Bonchev–Trinajstić information content (AvgIpc) is 3.11. The first-order valence-corrected chi connectivity index (χ1v) is 10.2. The van der Waals surface area contributed by atoms with Gasteiger partial charge in [-0.1, -0.05) is 23.7 Å². The summed E-state index contributed by atoms with van der Waals surface area (Å²) in [4.78, 5) is 6.70. The lowest BCUT2D eigenvalue weighted by atomic mass is 10.0. The molecule has 4 nitrogen and oxygen atoms in total. The van der Waals surface area contributed by atoms with E-state index in [2.05, 4.69) is 53.8 Å². The van der Waals surface area contributed by atoms with Crippen molar-refractivity contribution in [2.24, 2.45) is 0 Å². The number of hydrogen-bond acceptors (Lipinski definition) is 3. The third-order valence-corrected chi connectivity index (χ3v) is 5.83. The third kappa shape index (κ3) is 3.95. The number of benzene rings is 2. The van der Waals surface area contributed by atoms with E-state index in [1.165, 1.54) is 0 Å². The summed E-state index contributed by atoms with van der Waals surface area (Å²) in [5.74, 6) is 0. The minimum atomic E-state index is 0.377. The van der Waals surface area contributed by atoms with Crippen molar-refractivity contribution in [3.05, 3.63) is 77.7 Å². The molecule has 1 atom stereocenters. The van der Waals surface area contributed by atoms with Gasteiger partial charge in [0.25, 0.3) is 0 Å². The largest absolute Gasteiger partial charge is 0.345 e. The molecule has 2 aromatic heterocycles. The van der Waals surface area contributed by atoms with Crippen LogP contribution in [0.3, 0.4) is 0 Å². The van der Waals surface area contributed by atoms with Crippen molar-refractivity contribution in [1.82, 2.24) is 14.5 Å². The van der Waals surface area contributed by atoms with Crippen LogP contribution in [0.4, 0.5) is 0 Å². The molecule has 0 N–H and O–H groups in total. The molecular weight excluding hydrogens is 392 g/mol. The topological polar surface area (TPSA) is 44.9 Å². The molecule has 150 valence electrons. The predicted molar refractivity (Wildman–Crippen MR) is 123 cm³/mol. The summed E-state index contributed by atoms with van der Waals surface area (Å²) in [7, 11) is 4.18. The predicted octanol–water partition coefficient (Wildman–Crippen LogP) is 5.85. The Morgan fingerprint density at radius 1 is 1.03 bits per heavy atom. The highest BCUT2D eigenvalue weighted by molar-refractivity contribution is 6.30. The zero-order valence-corrected chi connectivity index (χ0v) is 18.1. The van der Waals surface area contributed by atoms with Crippen molar-refractivity contribution in [2.45, 2.75) is 19.5 Å². The van der Waals surface area contributed by atoms with Crippen molar-refractivity contribution in [3.63, 3.8) is 0 Å². The van der Waals surface area contributed by atoms with Gasteiger partial charge in [0.1, 0.15) is 0 Å². The van der Waals surface area contributed by atoms with Crippen LogP contribution in [0.25, 0.3) is 33.2 Å². The van der Waals surface area contributed by atoms with Gasteiger partial charge in [-0.3, -0.25) is 4.98 Å². The number of rotatable bonds is 5. The van der Waals surface area contributed by atoms with Crippen LogP contribution in [0.15, 0.2) is 67.1 Å². The van der Waals surface area contributed by atoms with Gasteiger partial charge < -0.3 is 9.47 Å². The highest BCUT2D eigenvalue weighted by Gasteiger charge is 2.15. The SMILES string of the molecule is CC(Cn1cc(-c2cncc(-c3ccc(Cl)cc3)c2)c2cc(C#N)ccc21)N(C)C. The van der Waals surface area contributed by atoms with Crippen molar-refractivity contribution in [2.75, 3.05) is 14.1 Å². The van der Waals surface area contributed by atoms with Crippen molar-refractivity contribution in [1.29, 1.82) is 5.26 Å². The van der Waals surface area contributed by atoms with Crippen LogP contribution in [0, 0.1) is 11.3 Å². The van der Waals surface area contributed by atoms with Gasteiger partial charge in [0.05, 0.1) is 11.6 Å². The van der Waals surface area contributed by atoms with E-state index in [0.717, 1.165) is 39.7 Å². The molecule has 4 rings (SSSR count). The Morgan fingerprint density at radius 3 is 2.47 bits per heavy atom. The Morgan fingerprint density at radius 2 is 1.77 bits per heavy atom. The standard InChI is InChI=1S/C25H23ClN4/c1-17(29(2)3)15-30-16-24(23-10-18(12-27)4-9-25(23)30)21-11-20(13-28-14-21)19-5-7-22(26)8-6-19/h4-11,13-14,16-17H,15H2,1-3H3. The van der Waals surface area contributed by atoms with Crippen LogP contribution >= 0.6 is 11.6 Å². The number of pyridine rings is 1. The quantitative estimate of drug-likeness (QED) is 0.411. The molecule has 2 heterocycles. The molecule has 30 heavy (non-hydrogen) atoms. The molecule has 1 unspecified atom stereocenters. The first-order valence-electron chi connectivity index (χ1n) is 9.87. The molecule has 2 aromatic carbocycles. The molecule has 0 amide bonds. The van der Waals surface area contributed by atoms with Gasteiger partial charge in [-0.15, -0.1) is 0 Å². The number of aromatic nitrogens is 2. The van der Waals surface area contributed by atoms with E-state index in [-0.39, 0.29) is 0 Å². The van der Waals surface area contributed by atoms with Gasteiger partial charge >= 0.3 is 0 Å². The first-order chi connectivity index (χ1) is 14.5. The van der Waals surface area contributed by atoms with Gasteiger partial charge in [0.2, 0.25) is 0 Å². The number of nitrogens with zero attached hydrogens (tertiary/aromatic N) is 4. The summed E-state index contributed by atoms with van der Waals surface area (Å²) < 4.78 is 2.27. The van der Waals surface area contributed by atoms with Crippen molar-refractivity contribution in [3.8, 4) is 28.3 Å². The summed E-state index contributed by atoms with van der Waals surface area (Å²) >= 11 is 6.04. The van der Waals surface area contributed by atoms with Crippen molar-refractivity contribution < 1.29 is 0 Å². The van der Waals surface area contributed by atoms with E-state index < -0.39 is 0 Å². The number of fused-ring (bicyclic) bond motifs is 1. The number of likely N-dealkylation sites (N-methyl/N-ethyl adjacent to an activating group) is 1. The van der Waals surface area contributed by atoms with Gasteiger partial charge in [-0.25, -0.2) is 0 Å². The maximum absolute atomic E-state index is 9.41. The smallest absolute Gasteiger partial charge is 0.0991 e. The fourth-order valence-corrected chi connectivity index (χ4v) is 3.71. The fraction of sp³-hybridized carbons (Fsp3) is 0.200. The van der Waals surface area contributed by atoms with Crippen LogP contribution in [0.1, 0.15) is 12.5 Å². The van der Waals surface area contributed by atoms with Crippen LogP contribution in [-0.2, 0) is 6.54 Å². The monoisotopic (exact) mass is 414 g/mol. The summed E-state index contributed by atoms with van der Waals surface area (Å²) in [6, 6.07) is 18.4. The van der Waals surface area contributed by atoms with Crippen molar-refractivity contribution >= 4 is 22.5 Å². The normalized spacial score (nSPS) is 12.3. The van der Waals surface area contributed by atoms with Crippen LogP contribution in [0.5, 0.6) is 0 Å². The minimum Gasteiger partial charge on any atom is -0.345 e. The molecule has 4 aromatic rings. The number of halogens is 1. The van der Waals surface area contributed by atoms with E-state index in [1.54, 1.807) is 0 Å². The Kier molecular flexibility index (Phi) is 5.59. The average molecular weight is 415 g/mol. The summed E-state index contributed by atoms with van der Waals surface area (Å²) in [5.41, 5.74) is 5.98. The Labute approximate surface area is 182 Å². The maximum atomic E-state index is 9.41. The van der Waals surface area contributed by atoms with Gasteiger partial charge in [0, 0.05) is 63.8 Å². The molecule has 0 aliphatic carbocycles. The summed E-state index contributed by atoms with van der Waals surface area (Å²) in [5, 5.41) is 11.2. The molecular formula is C25H23ClN4. The second-order valence-electron chi connectivity index (χ2n) is 7.82. The number of hydrogen-bond donors (Lipinski definition) is 0. The molecule has 0 saturated carbocycles. The van der Waals surface area contributed by atoms with Gasteiger partial charge in [-0.2, -0.15) is 5.26 Å². The molecule has 5 heteroatoms. The Balaban J connectivity index is 1.85. The highest BCUT2D eigenvalue weighted by Crippen LogP contribution is 2.33. The molecule has 0 aliphatic heterocycles. The lowest BCUT2D eigenvalue weighted by molar-refractivity contribution is 0.286. The van der Waals surface area contributed by atoms with E-state index in [4.69, 9.17) is 11.6 Å². The van der Waals surface area contributed by atoms with E-state index in [9.17, 15) is 5.26 Å². The zero-order chi connectivity index (χ0) is 21.3. The lowest BCUT2D eigenvalue weighted by Crippen LogP contribution is -2.28. The number of nitriles is 1. The second-order valence-corrected chi connectivity index (χ2v) is 8.26. The Bertz CT molecular complexity index is 1230. The van der Waals surface area contributed by atoms with E-state index in [0.29, 0.717) is 16.6 Å². The highest BCUT2D eigenvalue weighted by atomic mass is 35.5. The van der Waals surface area contributed by atoms with Gasteiger partial charge in [-0.05, 0) is 63.0 Å². The Hall–Kier alpha value is -3.13. The summed E-state index contributed by atoms with van der Waals surface area (Å²) in [6.45, 7) is 3.07.